The first-order chi connectivity index (χ1) is 9.91. The summed E-state index contributed by atoms with van der Waals surface area (Å²) >= 11 is 0. The average Bonchev–Trinajstić information content (AvgIpc) is 2.47. The smallest absolute Gasteiger partial charge is 0.0654 e. The molecule has 0 aromatic heterocycles. The molecule has 0 saturated carbocycles. The van der Waals surface area contributed by atoms with E-state index in [1.807, 2.05) is 0 Å². The SMILES string of the molecule is CCCCCCCCC[N+][N+]CCCCCCCCC. The van der Waals surface area contributed by atoms with Crippen LogP contribution in [0.4, 0.5) is 0 Å². The number of nitrogens with zero attached hydrogens (tertiary/aromatic N) is 2. The van der Waals surface area contributed by atoms with Gasteiger partial charge >= 0.3 is 10.9 Å². The van der Waals surface area contributed by atoms with Gasteiger partial charge in [0.2, 0.25) is 0 Å². The molecule has 0 unspecified atom stereocenters. The van der Waals surface area contributed by atoms with Crippen molar-refractivity contribution in [3.05, 3.63) is 0 Å². The van der Waals surface area contributed by atoms with Crippen LogP contribution in [0.15, 0.2) is 0 Å². The quantitative estimate of drug-likeness (QED) is 0.245. The number of hydrogen-bond donors (Lipinski definition) is 0. The van der Waals surface area contributed by atoms with Crippen LogP contribution in [0.3, 0.4) is 0 Å². The second-order valence-electron chi connectivity index (χ2n) is 5.97. The van der Waals surface area contributed by atoms with Crippen molar-refractivity contribution in [3.8, 4) is 0 Å². The highest BCUT2D eigenvalue weighted by Crippen LogP contribution is 2.07. The van der Waals surface area contributed by atoms with Crippen molar-refractivity contribution in [2.24, 2.45) is 0 Å². The molecule has 0 fully saturated rings. The minimum atomic E-state index is 0.949. The summed E-state index contributed by atoms with van der Waals surface area (Å²) in [5.74, 6) is 0. The molecule has 4 radical (unpaired) electrons. The van der Waals surface area contributed by atoms with E-state index in [1.54, 1.807) is 0 Å². The molecule has 2 heteroatoms. The minimum Gasteiger partial charge on any atom is -0.0654 e. The Morgan fingerprint density at radius 3 is 1.05 bits per heavy atom. The zero-order chi connectivity index (χ0) is 14.7. The van der Waals surface area contributed by atoms with Gasteiger partial charge in [-0.15, -0.1) is 0 Å². The van der Waals surface area contributed by atoms with E-state index in [4.69, 9.17) is 0 Å². The second kappa shape index (κ2) is 18.9. The van der Waals surface area contributed by atoms with Crippen LogP contribution < -0.4 is 10.9 Å². The molecule has 0 rings (SSSR count). The van der Waals surface area contributed by atoms with Gasteiger partial charge in [0.15, 0.2) is 0 Å². The van der Waals surface area contributed by atoms with Gasteiger partial charge in [-0.25, -0.2) is 0 Å². The predicted molar refractivity (Wildman–Crippen MR) is 90.0 cm³/mol. The van der Waals surface area contributed by atoms with Gasteiger partial charge in [0.25, 0.3) is 13.1 Å². The van der Waals surface area contributed by atoms with Crippen LogP contribution >= 0.6 is 0 Å². The first-order valence-corrected chi connectivity index (χ1v) is 9.25. The van der Waals surface area contributed by atoms with Crippen molar-refractivity contribution in [2.75, 3.05) is 13.1 Å². The summed E-state index contributed by atoms with van der Waals surface area (Å²) in [6, 6.07) is 0. The van der Waals surface area contributed by atoms with Gasteiger partial charge in [0.05, 0.1) is 0 Å². The van der Waals surface area contributed by atoms with E-state index < -0.39 is 0 Å². The molecule has 0 aromatic rings. The van der Waals surface area contributed by atoms with Gasteiger partial charge in [0, 0.05) is 12.8 Å². The van der Waals surface area contributed by atoms with E-state index in [0.29, 0.717) is 0 Å². The van der Waals surface area contributed by atoms with Crippen molar-refractivity contribution in [2.45, 2.75) is 104 Å². The highest BCUT2D eigenvalue weighted by atomic mass is 15.3. The molecule has 0 aromatic carbocycles. The van der Waals surface area contributed by atoms with Gasteiger partial charge in [-0.1, -0.05) is 78.1 Å². The van der Waals surface area contributed by atoms with Gasteiger partial charge in [-0.2, -0.15) is 0 Å². The summed E-state index contributed by atoms with van der Waals surface area (Å²) in [6.07, 6.45) is 19.0. The molecular weight excluding hydrogens is 244 g/mol. The fourth-order valence-corrected chi connectivity index (χ4v) is 2.42. The third-order valence-electron chi connectivity index (χ3n) is 3.82. The maximum absolute atomic E-state index is 4.28. The Morgan fingerprint density at radius 2 is 0.700 bits per heavy atom. The van der Waals surface area contributed by atoms with Crippen molar-refractivity contribution >= 4 is 0 Å². The van der Waals surface area contributed by atoms with Crippen LogP contribution in [0.25, 0.3) is 0 Å². The van der Waals surface area contributed by atoms with Crippen molar-refractivity contribution in [3.63, 3.8) is 0 Å². The molecule has 0 amide bonds. The minimum absolute atomic E-state index is 0.949. The van der Waals surface area contributed by atoms with Gasteiger partial charge in [-0.05, 0) is 12.8 Å². The summed E-state index contributed by atoms with van der Waals surface area (Å²) < 4.78 is 0. The standard InChI is InChI=1S/C18H38N2/c1-3-5-7-9-11-13-15-17-19-20-18-16-14-12-10-8-6-4-2/h3-18H2,1-2H3/q+2. The Kier molecular flexibility index (Phi) is 18.8. The first kappa shape index (κ1) is 19.9. The molecule has 0 aliphatic carbocycles. The third kappa shape index (κ3) is 17.9. The molecule has 2 nitrogen and oxygen atoms in total. The summed E-state index contributed by atoms with van der Waals surface area (Å²) in [6.45, 7) is 6.44. The normalized spacial score (nSPS) is 11.1. The van der Waals surface area contributed by atoms with E-state index in [0.717, 1.165) is 13.1 Å². The third-order valence-corrected chi connectivity index (χ3v) is 3.82. The van der Waals surface area contributed by atoms with Crippen LogP contribution in [-0.4, -0.2) is 13.1 Å². The summed E-state index contributed by atoms with van der Waals surface area (Å²) in [5, 5.41) is 0. The number of unbranched alkanes of at least 4 members (excludes halogenated alkanes) is 12. The molecule has 0 spiro atoms. The summed E-state index contributed by atoms with van der Waals surface area (Å²) in [7, 11) is 0. The van der Waals surface area contributed by atoms with E-state index >= 15 is 0 Å². The van der Waals surface area contributed by atoms with Crippen LogP contribution in [-0.2, 0) is 0 Å². The lowest BCUT2D eigenvalue weighted by atomic mass is 10.1. The topological polar surface area (TPSA) is 28.2 Å². The molecule has 0 N–H and O–H groups in total. The summed E-state index contributed by atoms with van der Waals surface area (Å²) in [5.41, 5.74) is 8.56. The van der Waals surface area contributed by atoms with Crippen LogP contribution in [0.5, 0.6) is 0 Å². The second-order valence-corrected chi connectivity index (χ2v) is 5.97. The Hall–Kier alpha value is -0.0800. The Labute approximate surface area is 128 Å². The largest absolute Gasteiger partial charge is 0.418 e. The number of hydrogen-bond acceptors (Lipinski definition) is 0. The lowest BCUT2D eigenvalue weighted by Crippen LogP contribution is -2.19. The Bertz CT molecular complexity index is 141. The van der Waals surface area contributed by atoms with E-state index in [1.165, 1.54) is 89.9 Å². The lowest BCUT2D eigenvalue weighted by Gasteiger charge is -1.96. The monoisotopic (exact) mass is 282 g/mol. The zero-order valence-corrected chi connectivity index (χ0v) is 14.2. The van der Waals surface area contributed by atoms with E-state index in [2.05, 4.69) is 24.7 Å². The molecular formula is C18H38N2+2. The van der Waals surface area contributed by atoms with Gasteiger partial charge in [-0.3, -0.25) is 0 Å². The zero-order valence-electron chi connectivity index (χ0n) is 14.2. The van der Waals surface area contributed by atoms with E-state index in [-0.39, 0.29) is 0 Å². The Balaban J connectivity index is 2.89. The Morgan fingerprint density at radius 1 is 0.400 bits per heavy atom. The van der Waals surface area contributed by atoms with Crippen LogP contribution in [0, 0.1) is 0 Å². The highest BCUT2D eigenvalue weighted by Gasteiger charge is 2.20. The fraction of sp³-hybridized carbons (Fsp3) is 1.00. The number of rotatable bonds is 17. The molecule has 20 heavy (non-hydrogen) atoms. The predicted octanol–water partition coefficient (Wildman–Crippen LogP) is 5.61. The molecule has 0 aliphatic heterocycles. The van der Waals surface area contributed by atoms with Crippen molar-refractivity contribution in [1.82, 2.24) is 10.9 Å². The highest BCUT2D eigenvalue weighted by molar-refractivity contribution is 4.49. The fourth-order valence-electron chi connectivity index (χ4n) is 2.42. The first-order valence-electron chi connectivity index (χ1n) is 9.25. The molecule has 0 heterocycles. The maximum Gasteiger partial charge on any atom is 0.418 e. The molecule has 0 bridgehead atoms. The molecule has 0 atom stereocenters. The summed E-state index contributed by atoms with van der Waals surface area (Å²) in [4.78, 5) is 0. The molecule has 0 saturated heterocycles. The van der Waals surface area contributed by atoms with Gasteiger partial charge in [0.1, 0.15) is 0 Å². The van der Waals surface area contributed by atoms with Crippen LogP contribution in [0.1, 0.15) is 104 Å². The lowest BCUT2D eigenvalue weighted by molar-refractivity contribution is 0.462. The molecule has 0 aliphatic rings. The average molecular weight is 283 g/mol. The van der Waals surface area contributed by atoms with E-state index in [9.17, 15) is 0 Å². The van der Waals surface area contributed by atoms with Crippen LogP contribution in [0.2, 0.25) is 0 Å². The van der Waals surface area contributed by atoms with Gasteiger partial charge < -0.3 is 0 Å². The van der Waals surface area contributed by atoms with Crippen molar-refractivity contribution < 1.29 is 0 Å². The maximum atomic E-state index is 4.28. The molecule has 118 valence electrons. The van der Waals surface area contributed by atoms with Crippen molar-refractivity contribution in [1.29, 1.82) is 0 Å².